The zero-order valence-corrected chi connectivity index (χ0v) is 10.5. The Morgan fingerprint density at radius 1 is 1.29 bits per heavy atom. The predicted molar refractivity (Wildman–Crippen MR) is 67.9 cm³/mol. The van der Waals surface area contributed by atoms with E-state index >= 15 is 0 Å². The molecule has 2 atom stereocenters. The molecule has 2 saturated heterocycles. The molecule has 0 saturated carbocycles. The van der Waals surface area contributed by atoms with Crippen LogP contribution in [0.4, 0.5) is 10.1 Å². The first-order valence-corrected chi connectivity index (χ1v) is 6.36. The number of rotatable bonds is 1. The van der Waals surface area contributed by atoms with Crippen molar-refractivity contribution in [1.29, 1.82) is 0 Å². The number of likely N-dealkylation sites (N-methyl/N-ethyl adjacent to an activating group) is 1. The van der Waals surface area contributed by atoms with Crippen molar-refractivity contribution < 1.29 is 4.39 Å². The van der Waals surface area contributed by atoms with Crippen LogP contribution >= 0.6 is 0 Å². The third-order valence-electron chi connectivity index (χ3n) is 4.27. The van der Waals surface area contributed by atoms with Gasteiger partial charge in [-0.15, -0.1) is 0 Å². The smallest absolute Gasteiger partial charge is 0.146 e. The van der Waals surface area contributed by atoms with E-state index in [2.05, 4.69) is 16.8 Å². The molecule has 2 heterocycles. The fourth-order valence-corrected chi connectivity index (χ4v) is 3.24. The predicted octanol–water partition coefficient (Wildman–Crippen LogP) is 2.27. The molecule has 2 aliphatic rings. The maximum absolute atomic E-state index is 13.9. The van der Waals surface area contributed by atoms with Crippen LogP contribution in [-0.2, 0) is 0 Å². The number of hydrogen-bond donors (Lipinski definition) is 0. The highest BCUT2D eigenvalue weighted by Crippen LogP contribution is 2.34. The van der Waals surface area contributed by atoms with Gasteiger partial charge in [0.1, 0.15) is 5.82 Å². The zero-order chi connectivity index (χ0) is 12.0. The van der Waals surface area contributed by atoms with E-state index in [1.807, 2.05) is 19.1 Å². The van der Waals surface area contributed by atoms with E-state index in [4.69, 9.17) is 0 Å². The highest BCUT2D eigenvalue weighted by atomic mass is 19.1. The molecule has 0 bridgehead atoms. The van der Waals surface area contributed by atoms with E-state index in [1.54, 1.807) is 6.07 Å². The van der Waals surface area contributed by atoms with Gasteiger partial charge in [0, 0.05) is 19.1 Å². The van der Waals surface area contributed by atoms with Gasteiger partial charge in [0.05, 0.1) is 5.69 Å². The topological polar surface area (TPSA) is 6.48 Å². The summed E-state index contributed by atoms with van der Waals surface area (Å²) in [6.45, 7) is 5.11. The molecule has 1 aromatic carbocycles. The normalized spacial score (nSPS) is 28.8. The zero-order valence-electron chi connectivity index (χ0n) is 10.5. The van der Waals surface area contributed by atoms with E-state index in [0.29, 0.717) is 6.04 Å². The van der Waals surface area contributed by atoms with Crippen molar-refractivity contribution in [1.82, 2.24) is 4.90 Å². The monoisotopic (exact) mass is 234 g/mol. The molecule has 1 aromatic rings. The standard InChI is InChI=1S/C14H19FN2/c1-10-3-4-13(12(15)7-10)17-8-11-5-6-16(2)14(11)9-17/h3-4,7,11,14H,5-6,8-9H2,1-2H3. The third-order valence-corrected chi connectivity index (χ3v) is 4.27. The highest BCUT2D eigenvalue weighted by molar-refractivity contribution is 5.50. The van der Waals surface area contributed by atoms with Crippen LogP contribution in [0.1, 0.15) is 12.0 Å². The number of benzene rings is 1. The van der Waals surface area contributed by atoms with Gasteiger partial charge in [0.15, 0.2) is 0 Å². The number of likely N-dealkylation sites (tertiary alicyclic amines) is 1. The molecular weight excluding hydrogens is 215 g/mol. The summed E-state index contributed by atoms with van der Waals surface area (Å²) < 4.78 is 13.9. The van der Waals surface area contributed by atoms with Crippen molar-refractivity contribution in [2.45, 2.75) is 19.4 Å². The minimum atomic E-state index is -0.0763. The molecule has 0 aromatic heterocycles. The second kappa shape index (κ2) is 3.98. The summed E-state index contributed by atoms with van der Waals surface area (Å²) >= 11 is 0. The van der Waals surface area contributed by atoms with E-state index in [0.717, 1.165) is 30.3 Å². The van der Waals surface area contributed by atoms with Gasteiger partial charge in [-0.05, 0) is 50.6 Å². The van der Waals surface area contributed by atoms with Crippen molar-refractivity contribution in [3.8, 4) is 0 Å². The summed E-state index contributed by atoms with van der Waals surface area (Å²) in [7, 11) is 2.18. The second-order valence-electron chi connectivity index (χ2n) is 5.46. The minimum absolute atomic E-state index is 0.0763. The molecule has 3 heteroatoms. The quantitative estimate of drug-likeness (QED) is 0.735. The molecule has 0 N–H and O–H groups in total. The Bertz CT molecular complexity index is 432. The first-order valence-electron chi connectivity index (χ1n) is 6.36. The van der Waals surface area contributed by atoms with Crippen molar-refractivity contribution in [2.75, 3.05) is 31.6 Å². The first-order chi connectivity index (χ1) is 8.15. The number of hydrogen-bond acceptors (Lipinski definition) is 2. The molecular formula is C14H19FN2. The Morgan fingerprint density at radius 3 is 2.82 bits per heavy atom. The molecule has 0 aliphatic carbocycles. The van der Waals surface area contributed by atoms with Crippen LogP contribution in [0.3, 0.4) is 0 Å². The van der Waals surface area contributed by atoms with Crippen LogP contribution in [0.5, 0.6) is 0 Å². The lowest BCUT2D eigenvalue weighted by molar-refractivity contribution is 0.310. The van der Waals surface area contributed by atoms with E-state index < -0.39 is 0 Å². The van der Waals surface area contributed by atoms with Crippen LogP contribution in [-0.4, -0.2) is 37.6 Å². The highest BCUT2D eigenvalue weighted by Gasteiger charge is 2.40. The van der Waals surface area contributed by atoms with Gasteiger partial charge in [0.2, 0.25) is 0 Å². The van der Waals surface area contributed by atoms with Gasteiger partial charge in [-0.25, -0.2) is 4.39 Å². The Balaban J connectivity index is 1.83. The fourth-order valence-electron chi connectivity index (χ4n) is 3.24. The number of nitrogens with zero attached hydrogens (tertiary/aromatic N) is 2. The molecule has 2 fully saturated rings. The Labute approximate surface area is 102 Å². The van der Waals surface area contributed by atoms with Crippen molar-refractivity contribution in [3.05, 3.63) is 29.6 Å². The average molecular weight is 234 g/mol. The summed E-state index contributed by atoms with van der Waals surface area (Å²) in [4.78, 5) is 4.62. The van der Waals surface area contributed by atoms with Crippen LogP contribution in [0.2, 0.25) is 0 Å². The maximum Gasteiger partial charge on any atom is 0.146 e. The number of anilines is 1. The van der Waals surface area contributed by atoms with Gasteiger partial charge >= 0.3 is 0 Å². The van der Waals surface area contributed by atoms with Gasteiger partial charge in [0.25, 0.3) is 0 Å². The van der Waals surface area contributed by atoms with Crippen LogP contribution in [0, 0.1) is 18.7 Å². The van der Waals surface area contributed by atoms with Gasteiger partial charge in [-0.1, -0.05) is 6.07 Å². The minimum Gasteiger partial charge on any atom is -0.367 e. The van der Waals surface area contributed by atoms with Crippen LogP contribution in [0.15, 0.2) is 18.2 Å². The summed E-state index contributed by atoms with van der Waals surface area (Å²) in [5.41, 5.74) is 1.76. The van der Waals surface area contributed by atoms with Crippen molar-refractivity contribution >= 4 is 5.69 Å². The largest absolute Gasteiger partial charge is 0.367 e. The molecule has 2 nitrogen and oxygen atoms in total. The molecule has 0 amide bonds. The Morgan fingerprint density at radius 2 is 2.12 bits per heavy atom. The summed E-state index contributed by atoms with van der Waals surface area (Å²) in [6, 6.07) is 6.17. The maximum atomic E-state index is 13.9. The van der Waals surface area contributed by atoms with Crippen LogP contribution < -0.4 is 4.90 Å². The number of aryl methyl sites for hydroxylation is 1. The molecule has 92 valence electrons. The van der Waals surface area contributed by atoms with E-state index in [1.165, 1.54) is 13.0 Å². The molecule has 0 radical (unpaired) electrons. The van der Waals surface area contributed by atoms with Crippen molar-refractivity contribution in [2.24, 2.45) is 5.92 Å². The SMILES string of the molecule is Cc1ccc(N2CC3CCN(C)C3C2)c(F)c1. The van der Waals surface area contributed by atoms with Crippen LogP contribution in [0.25, 0.3) is 0 Å². The Hall–Kier alpha value is -1.09. The summed E-state index contributed by atoms with van der Waals surface area (Å²) in [5, 5.41) is 0. The summed E-state index contributed by atoms with van der Waals surface area (Å²) in [5.74, 6) is 0.647. The number of fused-ring (bicyclic) bond motifs is 1. The third kappa shape index (κ3) is 1.82. The van der Waals surface area contributed by atoms with Crippen molar-refractivity contribution in [3.63, 3.8) is 0 Å². The fraction of sp³-hybridized carbons (Fsp3) is 0.571. The first kappa shape index (κ1) is 11.0. The molecule has 3 rings (SSSR count). The molecule has 2 unspecified atom stereocenters. The van der Waals surface area contributed by atoms with E-state index in [9.17, 15) is 4.39 Å². The lowest BCUT2D eigenvalue weighted by Crippen LogP contribution is -2.32. The lowest BCUT2D eigenvalue weighted by atomic mass is 10.1. The molecule has 2 aliphatic heterocycles. The Kier molecular flexibility index (Phi) is 2.58. The van der Waals surface area contributed by atoms with Gasteiger partial charge in [-0.2, -0.15) is 0 Å². The molecule has 17 heavy (non-hydrogen) atoms. The number of halogens is 1. The molecule has 0 spiro atoms. The lowest BCUT2D eigenvalue weighted by Gasteiger charge is -2.22. The second-order valence-corrected chi connectivity index (χ2v) is 5.46. The average Bonchev–Trinajstić information content (AvgIpc) is 2.81. The summed E-state index contributed by atoms with van der Waals surface area (Å²) in [6.07, 6.45) is 1.26. The van der Waals surface area contributed by atoms with E-state index in [-0.39, 0.29) is 5.82 Å². The van der Waals surface area contributed by atoms with Gasteiger partial charge < -0.3 is 9.80 Å². The van der Waals surface area contributed by atoms with Gasteiger partial charge in [-0.3, -0.25) is 0 Å².